The number of rotatable bonds is 19. The Kier molecular flexibility index (Phi) is 19.4. The summed E-state index contributed by atoms with van der Waals surface area (Å²) in [4.78, 5) is 44.3. The van der Waals surface area contributed by atoms with Crippen molar-refractivity contribution in [1.29, 1.82) is 0 Å². The Balaban J connectivity index is 0.822. The first-order valence-electron chi connectivity index (χ1n) is 34.2. The molecule has 96 heavy (non-hydrogen) atoms. The fraction of sp³-hybridized carbons (Fsp3) is 0.186. The van der Waals surface area contributed by atoms with Crippen LogP contribution in [0, 0.1) is 11.8 Å². The lowest BCUT2D eigenvalue weighted by Crippen LogP contribution is -2.39. The zero-order valence-electron chi connectivity index (χ0n) is 54.8. The summed E-state index contributed by atoms with van der Waals surface area (Å²) in [5.74, 6) is 0.379. The van der Waals surface area contributed by atoms with Crippen molar-refractivity contribution < 1.29 is 19.2 Å². The first-order chi connectivity index (χ1) is 46.9. The van der Waals surface area contributed by atoms with Crippen LogP contribution in [-0.4, -0.2) is 32.4 Å². The molecule has 6 nitrogen and oxygen atoms in total. The molecule has 3 N–H and O–H groups in total. The largest absolute Gasteiger partial charge is 0.338 e. The molecule has 0 saturated carbocycles. The van der Waals surface area contributed by atoms with E-state index in [4.69, 9.17) is 0 Å². The molecule has 0 aromatic heterocycles. The Morgan fingerprint density at radius 3 is 1.16 bits per heavy atom. The predicted molar refractivity (Wildman–Crippen MR) is 413 cm³/mol. The van der Waals surface area contributed by atoms with Gasteiger partial charge in [0, 0.05) is 38.7 Å². The first kappa shape index (κ1) is 65.2. The molecule has 7 unspecified atom stereocenters. The van der Waals surface area contributed by atoms with Gasteiger partial charge in [0.05, 0.1) is 12.1 Å². The molecule has 6 aliphatic carbocycles. The van der Waals surface area contributed by atoms with E-state index in [9.17, 15) is 14.7 Å². The standard InChI is InChI=1S/C86H85N2O4P4/c1-65-63-71(87(67-43-53-81(54-44-67)93(89,73-27-11-3-12-28-73)74-29-13-4-14-30-74)68-45-55-82(56-46-68)94(90,75-31-15-5-16-32-75)76-33-17-6-18-34-76)51-61-85(65)86-62-52-72(64-66(86)2)88(69-47-57-83(58-48-69)95(91,77-35-19-7-20-36-77)78-37-21-8-22-38-78)70-49-59-84(60-50-70)96(92,79-39-23-9-24-40-79)80-41-25-10-26-42-80/h3-5,7-9,11-17,19-25,27-43,45-47,49-57,59-62,65-67,69,83,90-92H,6,10,18,26,44,48,58,63-64H2,1-2H3/q+3. The second-order valence-electron chi connectivity index (χ2n) is 26.2. The quantitative estimate of drug-likeness (QED) is 0.0553. The molecule has 0 saturated heterocycles. The van der Waals surface area contributed by atoms with Gasteiger partial charge in [-0.2, -0.15) is 0 Å². The van der Waals surface area contributed by atoms with Crippen LogP contribution >= 0.6 is 29.6 Å². The average molecular weight is 1330 g/mol. The third kappa shape index (κ3) is 12.6. The Bertz CT molecular complexity index is 4420. The molecule has 0 radical (unpaired) electrons. The van der Waals surface area contributed by atoms with Gasteiger partial charge in [-0.05, 0) is 220 Å². The fourth-order valence-corrected chi connectivity index (χ4v) is 26.9. The molecule has 0 aliphatic heterocycles. The van der Waals surface area contributed by atoms with Crippen LogP contribution in [0.5, 0.6) is 0 Å². The zero-order chi connectivity index (χ0) is 65.7. The van der Waals surface area contributed by atoms with E-state index < -0.39 is 29.6 Å². The topological polar surface area (TPSA) is 84.2 Å². The van der Waals surface area contributed by atoms with E-state index in [1.165, 1.54) is 22.5 Å². The smallest absolute Gasteiger partial charge is 0.238 e. The SMILES string of the molecule is CC1CC(N(c2ccc([P+](O)(C3=CCCC=C3)c3ccccc3)cc2)C2C=CC(P(=O)(c3ccccc3)c3ccccc3)=CC2)=CC=C1C1=CC=C(N(c2ccc([P+](O)(C3=CCCC=C3)c3ccccc3)cc2)C2C=CC([P+](O)(c3ccccc3)c3ccccc3)CC2)CC1C. The molecule has 10 heteroatoms. The van der Waals surface area contributed by atoms with E-state index in [-0.39, 0.29) is 29.6 Å². The first-order valence-corrected chi connectivity index (χ1v) is 41.2. The average Bonchev–Trinajstić information content (AvgIpc) is 0.780. The van der Waals surface area contributed by atoms with E-state index in [0.29, 0.717) is 6.42 Å². The fourth-order valence-electron chi connectivity index (χ4n) is 15.4. The van der Waals surface area contributed by atoms with Gasteiger partial charge in [-0.3, -0.25) is 0 Å². The zero-order valence-corrected chi connectivity index (χ0v) is 58.4. The maximum Gasteiger partial charge on any atom is 0.238 e. The number of benzene rings is 8. The number of anilines is 2. The lowest BCUT2D eigenvalue weighted by Gasteiger charge is -2.41. The summed E-state index contributed by atoms with van der Waals surface area (Å²) in [6.07, 6.45) is 41.6. The molecule has 0 spiro atoms. The summed E-state index contributed by atoms with van der Waals surface area (Å²) in [6.45, 7) is 4.75. The highest BCUT2D eigenvalue weighted by molar-refractivity contribution is 7.89. The lowest BCUT2D eigenvalue weighted by molar-refractivity contribution is 0.551. The van der Waals surface area contributed by atoms with Crippen molar-refractivity contribution >= 4 is 83.4 Å². The minimum absolute atomic E-state index is 0.0178. The lowest BCUT2D eigenvalue weighted by atomic mass is 9.78. The maximum atomic E-state index is 15.7. The van der Waals surface area contributed by atoms with Gasteiger partial charge in [0.25, 0.3) is 0 Å². The van der Waals surface area contributed by atoms with Gasteiger partial charge in [-0.25, -0.2) is 14.7 Å². The van der Waals surface area contributed by atoms with Gasteiger partial charge in [0.15, 0.2) is 7.14 Å². The summed E-state index contributed by atoms with van der Waals surface area (Å²) in [5.41, 5.74) is 7.20. The molecule has 0 bridgehead atoms. The molecule has 8 aromatic rings. The van der Waals surface area contributed by atoms with Crippen LogP contribution < -0.4 is 52.2 Å². The van der Waals surface area contributed by atoms with Gasteiger partial charge >= 0.3 is 0 Å². The van der Waals surface area contributed by atoms with Crippen molar-refractivity contribution in [1.82, 2.24) is 0 Å². The van der Waals surface area contributed by atoms with E-state index in [0.717, 1.165) is 121 Å². The Labute approximate surface area is 570 Å². The highest BCUT2D eigenvalue weighted by Crippen LogP contribution is 2.64. The summed E-state index contributed by atoms with van der Waals surface area (Å²) < 4.78 is 15.7. The minimum atomic E-state index is -3.20. The highest BCUT2D eigenvalue weighted by Gasteiger charge is 2.51. The number of hydrogen-bond donors (Lipinski definition) is 3. The predicted octanol–water partition coefficient (Wildman–Crippen LogP) is 17.8. The molecular weight excluding hydrogens is 1250 g/mol. The monoisotopic (exact) mass is 1330 g/mol. The van der Waals surface area contributed by atoms with Crippen LogP contribution in [0.15, 0.2) is 360 Å². The molecule has 7 atom stereocenters. The third-order valence-corrected chi connectivity index (χ3v) is 33.3. The Morgan fingerprint density at radius 1 is 0.396 bits per heavy atom. The molecule has 480 valence electrons. The summed E-state index contributed by atoms with van der Waals surface area (Å²) in [6, 6.07) is 78.4. The van der Waals surface area contributed by atoms with Gasteiger partial charge in [-0.15, -0.1) is 0 Å². The minimum Gasteiger partial charge on any atom is -0.338 e. The molecule has 0 heterocycles. The van der Waals surface area contributed by atoms with Crippen LogP contribution in [-0.2, 0) is 4.57 Å². The summed E-state index contributed by atoms with van der Waals surface area (Å²) >= 11 is 0. The molecule has 0 fully saturated rings. The van der Waals surface area contributed by atoms with Gasteiger partial charge in [-0.1, -0.05) is 196 Å². The van der Waals surface area contributed by atoms with Crippen LogP contribution in [0.25, 0.3) is 0 Å². The van der Waals surface area contributed by atoms with E-state index in [1.54, 1.807) is 0 Å². The Hall–Kier alpha value is -8.10. The van der Waals surface area contributed by atoms with Crippen LogP contribution in [0.4, 0.5) is 11.4 Å². The van der Waals surface area contributed by atoms with Gasteiger partial charge in [0.2, 0.25) is 22.5 Å². The van der Waals surface area contributed by atoms with Crippen molar-refractivity contribution in [2.75, 3.05) is 9.80 Å². The Morgan fingerprint density at radius 2 is 0.792 bits per heavy atom. The summed E-state index contributed by atoms with van der Waals surface area (Å²) in [5, 5.41) is 10.2. The molecular formula is C86H85N2O4P4+3. The van der Waals surface area contributed by atoms with Crippen molar-refractivity contribution in [2.45, 2.75) is 89.4 Å². The van der Waals surface area contributed by atoms with Crippen LogP contribution in [0.2, 0.25) is 0 Å². The second-order valence-corrected chi connectivity index (χ2v) is 37.7. The van der Waals surface area contributed by atoms with Gasteiger partial charge in [0.1, 0.15) is 48.1 Å². The normalized spacial score (nSPS) is 21.6. The van der Waals surface area contributed by atoms with Crippen LogP contribution in [0.3, 0.4) is 0 Å². The molecule has 14 rings (SSSR count). The van der Waals surface area contributed by atoms with E-state index in [2.05, 4.69) is 212 Å². The van der Waals surface area contributed by atoms with Crippen LogP contribution in [0.1, 0.15) is 71.6 Å². The second kappa shape index (κ2) is 28.5. The number of hydrogen-bond acceptors (Lipinski definition) is 6. The third-order valence-electron chi connectivity index (χ3n) is 20.3. The maximum absolute atomic E-state index is 15.7. The van der Waals surface area contributed by atoms with Gasteiger partial charge < -0.3 is 14.4 Å². The molecule has 8 aromatic carbocycles. The highest BCUT2D eigenvalue weighted by atomic mass is 31.2. The van der Waals surface area contributed by atoms with Crippen molar-refractivity contribution in [3.63, 3.8) is 0 Å². The van der Waals surface area contributed by atoms with E-state index >= 15 is 4.57 Å². The number of nitrogens with zero attached hydrogens (tertiary/aromatic N) is 2. The van der Waals surface area contributed by atoms with E-state index in [1.807, 2.05) is 133 Å². The molecule has 0 amide bonds. The number of allylic oxidation sites excluding steroid dienone is 19. The van der Waals surface area contributed by atoms with Crippen molar-refractivity contribution in [3.05, 3.63) is 360 Å². The summed E-state index contributed by atoms with van der Waals surface area (Å²) in [7, 11) is -11.9. The molecule has 6 aliphatic rings. The van der Waals surface area contributed by atoms with Crippen molar-refractivity contribution in [2.24, 2.45) is 11.8 Å². The van der Waals surface area contributed by atoms with Crippen molar-refractivity contribution in [3.8, 4) is 0 Å².